The SMILES string of the molecule is COCCn1c(=NC(=O)C2CCN(S(=O)(=O)c3ccc(F)cc3)CC2)sc2c(C)cc(C)cc21. The normalized spacial score (nSPS) is 16.4. The average molecular weight is 506 g/mol. The summed E-state index contributed by atoms with van der Waals surface area (Å²) in [6.07, 6.45) is 0.785. The second-order valence-electron chi connectivity index (χ2n) is 8.54. The number of aromatic nitrogens is 1. The number of ether oxygens (including phenoxy) is 1. The Morgan fingerprint density at radius 1 is 1.18 bits per heavy atom. The number of methoxy groups -OCH3 is 1. The van der Waals surface area contributed by atoms with Gasteiger partial charge in [0.15, 0.2) is 4.80 Å². The summed E-state index contributed by atoms with van der Waals surface area (Å²) < 4.78 is 48.6. The molecule has 1 aromatic heterocycles. The van der Waals surface area contributed by atoms with Gasteiger partial charge in [0.2, 0.25) is 10.0 Å². The molecular weight excluding hydrogens is 477 g/mol. The number of amides is 1. The topological polar surface area (TPSA) is 81.0 Å². The fourth-order valence-electron chi connectivity index (χ4n) is 4.28. The Hall–Kier alpha value is -2.40. The summed E-state index contributed by atoms with van der Waals surface area (Å²) in [7, 11) is -2.08. The van der Waals surface area contributed by atoms with E-state index in [4.69, 9.17) is 4.74 Å². The highest BCUT2D eigenvalue weighted by atomic mass is 32.2. The molecule has 1 aliphatic heterocycles. The Kier molecular flexibility index (Phi) is 7.32. The van der Waals surface area contributed by atoms with E-state index in [0.29, 0.717) is 30.8 Å². The maximum Gasteiger partial charge on any atom is 0.251 e. The van der Waals surface area contributed by atoms with Crippen LogP contribution in [0.25, 0.3) is 10.2 Å². The number of carbonyl (C=O) groups is 1. The Morgan fingerprint density at radius 2 is 1.85 bits per heavy atom. The molecule has 0 saturated carbocycles. The number of thiazole rings is 1. The van der Waals surface area contributed by atoms with Gasteiger partial charge in [-0.05, 0) is 68.1 Å². The third kappa shape index (κ3) is 5.00. The van der Waals surface area contributed by atoms with Crippen molar-refractivity contribution in [2.75, 3.05) is 26.8 Å². The third-order valence-electron chi connectivity index (χ3n) is 6.09. The molecule has 7 nitrogen and oxygen atoms in total. The summed E-state index contributed by atoms with van der Waals surface area (Å²) in [6, 6.07) is 9.01. The minimum absolute atomic E-state index is 0.0542. The Morgan fingerprint density at radius 3 is 2.50 bits per heavy atom. The van der Waals surface area contributed by atoms with Gasteiger partial charge in [-0.1, -0.05) is 17.4 Å². The standard InChI is InChI=1S/C24H28FN3O4S2/c1-16-14-17(2)22-21(15-16)28(12-13-32-3)24(33-22)26-23(29)18-8-10-27(11-9-18)34(30,31)20-6-4-19(25)5-7-20/h4-7,14-15,18H,8-13H2,1-3H3. The zero-order valence-corrected chi connectivity index (χ0v) is 21.1. The molecule has 3 aromatic rings. The van der Waals surface area contributed by atoms with Crippen LogP contribution >= 0.6 is 11.3 Å². The van der Waals surface area contributed by atoms with Crippen molar-refractivity contribution in [2.24, 2.45) is 10.9 Å². The molecular formula is C24H28FN3O4S2. The molecule has 0 unspecified atom stereocenters. The Balaban J connectivity index is 1.55. The van der Waals surface area contributed by atoms with Crippen LogP contribution in [0.5, 0.6) is 0 Å². The van der Waals surface area contributed by atoms with Crippen molar-refractivity contribution in [1.82, 2.24) is 8.87 Å². The van der Waals surface area contributed by atoms with Gasteiger partial charge in [0.05, 0.1) is 21.7 Å². The van der Waals surface area contributed by atoms with Crippen molar-refractivity contribution in [1.29, 1.82) is 0 Å². The van der Waals surface area contributed by atoms with Crippen molar-refractivity contribution in [3.8, 4) is 0 Å². The van der Waals surface area contributed by atoms with Crippen molar-refractivity contribution >= 4 is 37.5 Å². The van der Waals surface area contributed by atoms with E-state index in [9.17, 15) is 17.6 Å². The molecule has 1 saturated heterocycles. The number of hydrogen-bond acceptors (Lipinski definition) is 5. The van der Waals surface area contributed by atoms with Gasteiger partial charge in [-0.3, -0.25) is 4.79 Å². The van der Waals surface area contributed by atoms with Gasteiger partial charge in [0.25, 0.3) is 5.91 Å². The molecule has 1 amide bonds. The molecule has 182 valence electrons. The van der Waals surface area contributed by atoms with Crippen molar-refractivity contribution in [3.05, 3.63) is 58.1 Å². The lowest BCUT2D eigenvalue weighted by molar-refractivity contribution is -0.122. The molecule has 2 aromatic carbocycles. The maximum atomic E-state index is 13.2. The van der Waals surface area contributed by atoms with Gasteiger partial charge in [0.1, 0.15) is 5.82 Å². The van der Waals surface area contributed by atoms with Crippen LogP contribution in [0.2, 0.25) is 0 Å². The molecule has 4 rings (SSSR count). The zero-order chi connectivity index (χ0) is 24.5. The largest absolute Gasteiger partial charge is 0.383 e. The number of piperidine rings is 1. The van der Waals surface area contributed by atoms with E-state index in [2.05, 4.69) is 24.0 Å². The van der Waals surface area contributed by atoms with Gasteiger partial charge in [-0.2, -0.15) is 9.30 Å². The number of halogens is 1. The van der Waals surface area contributed by atoms with Crippen molar-refractivity contribution < 1.29 is 22.3 Å². The highest BCUT2D eigenvalue weighted by molar-refractivity contribution is 7.89. The van der Waals surface area contributed by atoms with E-state index < -0.39 is 15.8 Å². The summed E-state index contributed by atoms with van der Waals surface area (Å²) >= 11 is 1.49. The summed E-state index contributed by atoms with van der Waals surface area (Å²) in [5, 5.41) is 0. The van der Waals surface area contributed by atoms with E-state index in [1.807, 2.05) is 11.5 Å². The van der Waals surface area contributed by atoms with E-state index in [1.54, 1.807) is 7.11 Å². The van der Waals surface area contributed by atoms with Crippen LogP contribution in [0.1, 0.15) is 24.0 Å². The first-order chi connectivity index (χ1) is 16.2. The molecule has 10 heteroatoms. The molecule has 0 atom stereocenters. The summed E-state index contributed by atoms with van der Waals surface area (Å²) in [5.74, 6) is -1.06. The van der Waals surface area contributed by atoms with Crippen LogP contribution < -0.4 is 4.80 Å². The van der Waals surface area contributed by atoms with Crippen LogP contribution in [0.15, 0.2) is 46.3 Å². The summed E-state index contributed by atoms with van der Waals surface area (Å²) in [4.78, 5) is 18.2. The fourth-order valence-corrected chi connectivity index (χ4v) is 6.86. The lowest BCUT2D eigenvalue weighted by Gasteiger charge is -2.29. The van der Waals surface area contributed by atoms with Crippen LogP contribution in [0.3, 0.4) is 0 Å². The Labute approximate surface area is 202 Å². The van der Waals surface area contributed by atoms with Gasteiger partial charge < -0.3 is 9.30 Å². The first-order valence-electron chi connectivity index (χ1n) is 11.1. The average Bonchev–Trinajstić information content (AvgIpc) is 3.15. The second-order valence-corrected chi connectivity index (χ2v) is 11.5. The van der Waals surface area contributed by atoms with Gasteiger partial charge in [0, 0.05) is 32.7 Å². The quantitative estimate of drug-likeness (QED) is 0.512. The molecule has 0 bridgehead atoms. The van der Waals surface area contributed by atoms with Crippen molar-refractivity contribution in [2.45, 2.75) is 38.1 Å². The monoisotopic (exact) mass is 505 g/mol. The van der Waals surface area contributed by atoms with Crippen molar-refractivity contribution in [3.63, 3.8) is 0 Å². The lowest BCUT2D eigenvalue weighted by Crippen LogP contribution is -2.40. The van der Waals surface area contributed by atoms with E-state index in [0.717, 1.165) is 33.5 Å². The van der Waals surface area contributed by atoms with E-state index in [1.165, 1.54) is 27.8 Å². The zero-order valence-electron chi connectivity index (χ0n) is 19.5. The first-order valence-corrected chi connectivity index (χ1v) is 13.4. The number of aryl methyl sites for hydroxylation is 2. The van der Waals surface area contributed by atoms with Gasteiger partial charge in [-0.25, -0.2) is 12.8 Å². The Bertz CT molecular complexity index is 1370. The number of sulfonamides is 1. The number of fused-ring (bicyclic) bond motifs is 1. The molecule has 0 radical (unpaired) electrons. The molecule has 1 fully saturated rings. The molecule has 34 heavy (non-hydrogen) atoms. The minimum atomic E-state index is -3.72. The smallest absolute Gasteiger partial charge is 0.251 e. The molecule has 1 aliphatic rings. The van der Waals surface area contributed by atoms with Crippen LogP contribution in [-0.4, -0.2) is 50.0 Å². The summed E-state index contributed by atoms with van der Waals surface area (Å²) in [5.41, 5.74) is 3.31. The highest BCUT2D eigenvalue weighted by Gasteiger charge is 2.32. The van der Waals surface area contributed by atoms with E-state index >= 15 is 0 Å². The van der Waals surface area contributed by atoms with Crippen LogP contribution in [-0.2, 0) is 26.1 Å². The molecule has 0 spiro atoms. The van der Waals surface area contributed by atoms with Crippen LogP contribution in [0.4, 0.5) is 4.39 Å². The predicted octanol–water partition coefficient (Wildman–Crippen LogP) is 3.63. The maximum absolute atomic E-state index is 13.2. The van der Waals surface area contributed by atoms with E-state index in [-0.39, 0.29) is 29.8 Å². The third-order valence-corrected chi connectivity index (χ3v) is 9.24. The predicted molar refractivity (Wildman–Crippen MR) is 130 cm³/mol. The minimum Gasteiger partial charge on any atom is -0.383 e. The first kappa shape index (κ1) is 24.7. The van der Waals surface area contributed by atoms with Gasteiger partial charge >= 0.3 is 0 Å². The molecule has 0 aliphatic carbocycles. The summed E-state index contributed by atoms with van der Waals surface area (Å²) in [6.45, 7) is 5.62. The van der Waals surface area contributed by atoms with Gasteiger partial charge in [-0.15, -0.1) is 0 Å². The molecule has 0 N–H and O–H groups in total. The number of rotatable bonds is 6. The number of benzene rings is 2. The number of nitrogens with zero attached hydrogens (tertiary/aromatic N) is 3. The number of carbonyl (C=O) groups excluding carboxylic acids is 1. The number of hydrogen-bond donors (Lipinski definition) is 0. The highest BCUT2D eigenvalue weighted by Crippen LogP contribution is 2.26. The molecule has 2 heterocycles. The lowest BCUT2D eigenvalue weighted by atomic mass is 9.98. The van der Waals surface area contributed by atoms with Crippen LogP contribution in [0, 0.1) is 25.6 Å². The fraction of sp³-hybridized carbons (Fsp3) is 0.417. The second kappa shape index (κ2) is 10.1.